The molecule has 0 unspecified atom stereocenters. The molecule has 0 aliphatic carbocycles. The first-order valence-corrected chi connectivity index (χ1v) is 6.86. The highest BCUT2D eigenvalue weighted by molar-refractivity contribution is 7.12. The van der Waals surface area contributed by atoms with E-state index in [-0.39, 0.29) is 11.4 Å². The number of anilines is 2. The first kappa shape index (κ1) is 14.6. The van der Waals surface area contributed by atoms with Crippen molar-refractivity contribution in [3.8, 4) is 0 Å². The predicted octanol–water partition coefficient (Wildman–Crippen LogP) is 3.92. The van der Waals surface area contributed by atoms with Crippen LogP contribution in [0.15, 0.2) is 24.4 Å². The Bertz CT molecular complexity index is 593. The van der Waals surface area contributed by atoms with E-state index in [0.717, 1.165) is 23.6 Å². The number of nitrogens with zero attached hydrogens (tertiary/aromatic N) is 1. The van der Waals surface area contributed by atoms with Crippen molar-refractivity contribution in [1.29, 1.82) is 0 Å². The summed E-state index contributed by atoms with van der Waals surface area (Å²) in [5.74, 6) is 0. The van der Waals surface area contributed by atoms with Crippen molar-refractivity contribution in [2.45, 2.75) is 26.1 Å². The predicted molar refractivity (Wildman–Crippen MR) is 74.7 cm³/mol. The number of alkyl halides is 3. The molecule has 0 fully saturated rings. The van der Waals surface area contributed by atoms with Gasteiger partial charge in [0.15, 0.2) is 0 Å². The van der Waals surface area contributed by atoms with E-state index in [2.05, 4.69) is 17.2 Å². The van der Waals surface area contributed by atoms with E-state index in [1.54, 1.807) is 11.3 Å². The summed E-state index contributed by atoms with van der Waals surface area (Å²) in [6.45, 7) is 2.50. The van der Waals surface area contributed by atoms with Gasteiger partial charge >= 0.3 is 6.18 Å². The van der Waals surface area contributed by atoms with Crippen LogP contribution in [-0.2, 0) is 19.1 Å². The van der Waals surface area contributed by atoms with Crippen molar-refractivity contribution >= 4 is 22.7 Å². The third-order valence-electron chi connectivity index (χ3n) is 2.74. The highest BCUT2D eigenvalue weighted by Crippen LogP contribution is 2.31. The van der Waals surface area contributed by atoms with Crippen molar-refractivity contribution in [1.82, 2.24) is 4.98 Å². The van der Waals surface area contributed by atoms with E-state index in [9.17, 15) is 13.2 Å². The summed E-state index contributed by atoms with van der Waals surface area (Å²) in [4.78, 5) is 5.58. The van der Waals surface area contributed by atoms with E-state index in [1.165, 1.54) is 4.88 Å². The number of thiophene rings is 1. The summed E-state index contributed by atoms with van der Waals surface area (Å²) in [6.07, 6.45) is -2.50. The van der Waals surface area contributed by atoms with Gasteiger partial charge in [-0.15, -0.1) is 11.3 Å². The normalized spacial score (nSPS) is 11.6. The average Bonchev–Trinajstić information content (AvgIpc) is 2.84. The van der Waals surface area contributed by atoms with Gasteiger partial charge in [0.1, 0.15) is 5.69 Å². The molecule has 2 heterocycles. The number of nitrogen functional groups attached to an aromatic ring is 1. The fourth-order valence-corrected chi connectivity index (χ4v) is 2.56. The maximum atomic E-state index is 12.6. The van der Waals surface area contributed by atoms with Crippen LogP contribution in [0.3, 0.4) is 0 Å². The first-order chi connectivity index (χ1) is 9.40. The maximum Gasteiger partial charge on any atom is 0.433 e. The van der Waals surface area contributed by atoms with Gasteiger partial charge in [-0.1, -0.05) is 6.92 Å². The molecule has 0 amide bonds. The number of hydrogen-bond donors (Lipinski definition) is 2. The Balaban J connectivity index is 2.12. The minimum atomic E-state index is -4.47. The van der Waals surface area contributed by atoms with Gasteiger partial charge in [-0.3, -0.25) is 0 Å². The van der Waals surface area contributed by atoms with Gasteiger partial charge in [-0.2, -0.15) is 13.2 Å². The van der Waals surface area contributed by atoms with Crippen LogP contribution >= 0.6 is 11.3 Å². The molecule has 7 heteroatoms. The molecule has 2 rings (SSSR count). The molecular weight excluding hydrogens is 287 g/mol. The van der Waals surface area contributed by atoms with Crippen LogP contribution in [0.25, 0.3) is 0 Å². The molecule has 3 N–H and O–H groups in total. The summed E-state index contributed by atoms with van der Waals surface area (Å²) >= 11 is 1.63. The number of nitrogens with two attached hydrogens (primary N) is 1. The molecule has 0 aliphatic rings. The Morgan fingerprint density at radius 1 is 1.30 bits per heavy atom. The number of rotatable bonds is 4. The number of pyridine rings is 1. The van der Waals surface area contributed by atoms with Gasteiger partial charge in [0.05, 0.1) is 17.6 Å². The molecule has 3 nitrogen and oxygen atoms in total. The van der Waals surface area contributed by atoms with Gasteiger partial charge in [0.2, 0.25) is 0 Å². The van der Waals surface area contributed by atoms with Gasteiger partial charge < -0.3 is 11.1 Å². The molecule has 0 saturated heterocycles. The standard InChI is InChI=1S/C13H14F3N3S/c1-2-8-3-4-9(20-8)6-18-11-5-12(13(14,15)16)19-7-10(11)17/h3-5,7H,2,6,17H2,1H3,(H,18,19). The molecule has 0 bridgehead atoms. The fraction of sp³-hybridized carbons (Fsp3) is 0.308. The second-order valence-corrected chi connectivity index (χ2v) is 5.48. The lowest BCUT2D eigenvalue weighted by Crippen LogP contribution is -2.10. The first-order valence-electron chi connectivity index (χ1n) is 6.04. The Labute approximate surface area is 118 Å². The molecule has 0 aromatic carbocycles. The van der Waals surface area contributed by atoms with Crippen molar-refractivity contribution in [2.75, 3.05) is 11.1 Å². The Morgan fingerprint density at radius 2 is 2.00 bits per heavy atom. The third-order valence-corrected chi connectivity index (χ3v) is 3.97. The highest BCUT2D eigenvalue weighted by atomic mass is 32.1. The second kappa shape index (κ2) is 5.70. The zero-order valence-electron chi connectivity index (χ0n) is 10.8. The third kappa shape index (κ3) is 3.41. The minimum Gasteiger partial charge on any atom is -0.396 e. The smallest absolute Gasteiger partial charge is 0.396 e. The van der Waals surface area contributed by atoms with E-state index < -0.39 is 11.9 Å². The number of halogens is 3. The van der Waals surface area contributed by atoms with Gasteiger partial charge in [0.25, 0.3) is 0 Å². The minimum absolute atomic E-state index is 0.199. The van der Waals surface area contributed by atoms with Crippen LogP contribution in [0.2, 0.25) is 0 Å². The maximum absolute atomic E-state index is 12.6. The second-order valence-electron chi connectivity index (χ2n) is 4.23. The Kier molecular flexibility index (Phi) is 4.17. The topological polar surface area (TPSA) is 50.9 Å². The summed E-state index contributed by atoms with van der Waals surface area (Å²) in [5, 5.41) is 2.92. The number of hydrogen-bond acceptors (Lipinski definition) is 4. The number of nitrogens with one attached hydrogen (secondary N) is 1. The van der Waals surface area contributed by atoms with Gasteiger partial charge in [-0.05, 0) is 24.6 Å². The van der Waals surface area contributed by atoms with E-state index >= 15 is 0 Å². The summed E-state index contributed by atoms with van der Waals surface area (Å²) in [6, 6.07) is 4.90. The van der Waals surface area contributed by atoms with Crippen LogP contribution in [0, 0.1) is 0 Å². The molecule has 2 aromatic rings. The molecule has 0 atom stereocenters. The van der Waals surface area contributed by atoms with E-state index in [0.29, 0.717) is 6.54 Å². The van der Waals surface area contributed by atoms with Crippen LogP contribution in [0.5, 0.6) is 0 Å². The van der Waals surface area contributed by atoms with Crippen LogP contribution in [-0.4, -0.2) is 4.98 Å². The number of aryl methyl sites for hydroxylation is 1. The molecule has 0 radical (unpaired) electrons. The van der Waals surface area contributed by atoms with E-state index in [1.807, 2.05) is 12.1 Å². The summed E-state index contributed by atoms with van der Waals surface area (Å²) in [5.41, 5.74) is 5.14. The average molecular weight is 301 g/mol. The quantitative estimate of drug-likeness (QED) is 0.900. The molecule has 0 saturated carbocycles. The monoisotopic (exact) mass is 301 g/mol. The lowest BCUT2D eigenvalue weighted by molar-refractivity contribution is -0.141. The summed E-state index contributed by atoms with van der Waals surface area (Å²) in [7, 11) is 0. The lowest BCUT2D eigenvalue weighted by atomic mass is 10.2. The van der Waals surface area contributed by atoms with E-state index in [4.69, 9.17) is 5.73 Å². The fourth-order valence-electron chi connectivity index (χ4n) is 1.66. The van der Waals surface area contributed by atoms with Crippen molar-refractivity contribution < 1.29 is 13.2 Å². The largest absolute Gasteiger partial charge is 0.433 e. The molecule has 20 heavy (non-hydrogen) atoms. The zero-order valence-corrected chi connectivity index (χ0v) is 11.6. The molecule has 0 spiro atoms. The number of aromatic nitrogens is 1. The molecule has 2 aromatic heterocycles. The van der Waals surface area contributed by atoms with Crippen LogP contribution in [0.1, 0.15) is 22.4 Å². The van der Waals surface area contributed by atoms with Crippen molar-refractivity contribution in [3.05, 3.63) is 39.8 Å². The van der Waals surface area contributed by atoms with Crippen LogP contribution in [0.4, 0.5) is 24.5 Å². The lowest BCUT2D eigenvalue weighted by Gasteiger charge is -2.11. The molecule has 0 aliphatic heterocycles. The Morgan fingerprint density at radius 3 is 2.60 bits per heavy atom. The van der Waals surface area contributed by atoms with Crippen molar-refractivity contribution in [2.24, 2.45) is 0 Å². The molecule has 108 valence electrons. The van der Waals surface area contributed by atoms with Gasteiger partial charge in [0, 0.05) is 16.3 Å². The van der Waals surface area contributed by atoms with Crippen LogP contribution < -0.4 is 11.1 Å². The molecular formula is C13H14F3N3S. The van der Waals surface area contributed by atoms with Crippen molar-refractivity contribution in [3.63, 3.8) is 0 Å². The summed E-state index contributed by atoms with van der Waals surface area (Å²) < 4.78 is 37.7. The highest BCUT2D eigenvalue weighted by Gasteiger charge is 2.32. The van der Waals surface area contributed by atoms with Gasteiger partial charge in [-0.25, -0.2) is 4.98 Å². The Hall–Kier alpha value is -1.76. The zero-order chi connectivity index (χ0) is 14.8. The SMILES string of the molecule is CCc1ccc(CNc2cc(C(F)(F)F)ncc2N)s1.